The molecule has 0 unspecified atom stereocenters. The van der Waals surface area contributed by atoms with Gasteiger partial charge in [-0.3, -0.25) is 0 Å². The Kier molecular flexibility index (Phi) is 2.55. The van der Waals surface area contributed by atoms with Gasteiger partial charge in [-0.2, -0.15) is 0 Å². The molecule has 2 nitrogen and oxygen atoms in total. The van der Waals surface area contributed by atoms with Gasteiger partial charge < -0.3 is 10.6 Å². The second-order valence-corrected chi connectivity index (χ2v) is 4.19. The minimum Gasteiger partial charge on any atom is -0.325 e. The molecule has 1 rings (SSSR count). The first kappa shape index (κ1) is 9.01. The summed E-state index contributed by atoms with van der Waals surface area (Å²) in [7, 11) is 2.17. The molecule has 11 heavy (non-hydrogen) atoms. The van der Waals surface area contributed by atoms with Gasteiger partial charge >= 0.3 is 0 Å². The van der Waals surface area contributed by atoms with Gasteiger partial charge in [0.25, 0.3) is 0 Å². The lowest BCUT2D eigenvalue weighted by Crippen LogP contribution is -2.52. The summed E-state index contributed by atoms with van der Waals surface area (Å²) in [5.74, 6) is 0.621. The Balaban J connectivity index is 2.48. The molecule has 0 aromatic carbocycles. The predicted molar refractivity (Wildman–Crippen MR) is 48.5 cm³/mol. The van der Waals surface area contributed by atoms with Gasteiger partial charge in [0.1, 0.15) is 0 Å². The van der Waals surface area contributed by atoms with E-state index in [9.17, 15) is 0 Å². The highest BCUT2D eigenvalue weighted by Crippen LogP contribution is 2.26. The van der Waals surface area contributed by atoms with Crippen molar-refractivity contribution in [3.63, 3.8) is 0 Å². The van der Waals surface area contributed by atoms with Crippen molar-refractivity contribution < 1.29 is 0 Å². The van der Waals surface area contributed by atoms with Crippen LogP contribution in [0.2, 0.25) is 0 Å². The molecule has 2 N–H and O–H groups in total. The molecule has 0 bridgehead atoms. The lowest BCUT2D eigenvalue weighted by Gasteiger charge is -2.40. The molecule has 1 aliphatic rings. The number of nitrogens with two attached hydrogens (primary N) is 1. The van der Waals surface area contributed by atoms with Gasteiger partial charge in [0, 0.05) is 5.54 Å². The van der Waals surface area contributed by atoms with E-state index in [1.54, 1.807) is 0 Å². The molecule has 0 aromatic rings. The summed E-state index contributed by atoms with van der Waals surface area (Å²) >= 11 is 0. The van der Waals surface area contributed by atoms with Gasteiger partial charge in [-0.25, -0.2) is 0 Å². The molecule has 1 heterocycles. The van der Waals surface area contributed by atoms with Crippen molar-refractivity contribution in [2.75, 3.05) is 20.1 Å². The third kappa shape index (κ3) is 1.94. The molecule has 0 aliphatic carbocycles. The zero-order chi connectivity index (χ0) is 8.48. The van der Waals surface area contributed by atoms with E-state index in [1.807, 2.05) is 0 Å². The second kappa shape index (κ2) is 3.11. The van der Waals surface area contributed by atoms with Crippen molar-refractivity contribution >= 4 is 0 Å². The lowest BCUT2D eigenvalue weighted by molar-refractivity contribution is 0.151. The fourth-order valence-electron chi connectivity index (χ4n) is 1.61. The van der Waals surface area contributed by atoms with Crippen LogP contribution in [0.4, 0.5) is 0 Å². The Hall–Kier alpha value is -0.0800. The summed E-state index contributed by atoms with van der Waals surface area (Å²) in [6.07, 6.45) is 2.31. The molecule has 1 aliphatic heterocycles. The van der Waals surface area contributed by atoms with Gasteiger partial charge in [0.05, 0.1) is 0 Å². The van der Waals surface area contributed by atoms with Crippen LogP contribution in [0.3, 0.4) is 0 Å². The van der Waals surface area contributed by atoms with Crippen molar-refractivity contribution in [2.24, 2.45) is 11.7 Å². The van der Waals surface area contributed by atoms with Gasteiger partial charge in [0.2, 0.25) is 0 Å². The Morgan fingerprint density at radius 1 is 1.27 bits per heavy atom. The minimum absolute atomic E-state index is 0.118. The Bertz CT molecular complexity index is 124. The number of hydrogen-bond donors (Lipinski definition) is 1. The van der Waals surface area contributed by atoms with Gasteiger partial charge in [-0.15, -0.1) is 0 Å². The lowest BCUT2D eigenvalue weighted by atomic mass is 9.79. The zero-order valence-electron chi connectivity index (χ0n) is 7.93. The van der Waals surface area contributed by atoms with Crippen LogP contribution in [-0.2, 0) is 0 Å². The maximum atomic E-state index is 6.24. The van der Waals surface area contributed by atoms with Crippen LogP contribution in [0.25, 0.3) is 0 Å². The molecule has 0 radical (unpaired) electrons. The SMILES string of the molecule is CC(C)C1(N)CCN(C)CC1. The number of piperidine rings is 1. The van der Waals surface area contributed by atoms with Crippen molar-refractivity contribution in [3.05, 3.63) is 0 Å². The zero-order valence-corrected chi connectivity index (χ0v) is 7.93. The maximum absolute atomic E-state index is 6.24. The van der Waals surface area contributed by atoms with Crippen LogP contribution < -0.4 is 5.73 Å². The largest absolute Gasteiger partial charge is 0.325 e. The van der Waals surface area contributed by atoms with E-state index in [4.69, 9.17) is 5.73 Å². The van der Waals surface area contributed by atoms with E-state index in [1.165, 1.54) is 0 Å². The number of rotatable bonds is 1. The summed E-state index contributed by atoms with van der Waals surface area (Å²) in [4.78, 5) is 2.35. The highest BCUT2D eigenvalue weighted by Gasteiger charge is 2.31. The Morgan fingerprint density at radius 2 is 1.73 bits per heavy atom. The third-order valence-electron chi connectivity index (χ3n) is 3.07. The average Bonchev–Trinajstić information content (AvgIpc) is 1.95. The third-order valence-corrected chi connectivity index (χ3v) is 3.07. The van der Waals surface area contributed by atoms with Crippen LogP contribution in [0.1, 0.15) is 26.7 Å². The van der Waals surface area contributed by atoms with Crippen LogP contribution in [0.5, 0.6) is 0 Å². The highest BCUT2D eigenvalue weighted by atomic mass is 15.1. The Morgan fingerprint density at radius 3 is 2.09 bits per heavy atom. The monoisotopic (exact) mass is 156 g/mol. The molecule has 0 spiro atoms. The van der Waals surface area contributed by atoms with Crippen molar-refractivity contribution in [1.82, 2.24) is 4.90 Å². The number of hydrogen-bond acceptors (Lipinski definition) is 2. The maximum Gasteiger partial charge on any atom is 0.0202 e. The van der Waals surface area contributed by atoms with Crippen molar-refractivity contribution in [2.45, 2.75) is 32.2 Å². The molecular formula is C9H20N2. The second-order valence-electron chi connectivity index (χ2n) is 4.19. The molecule has 1 saturated heterocycles. The van der Waals surface area contributed by atoms with E-state index < -0.39 is 0 Å². The summed E-state index contributed by atoms with van der Waals surface area (Å²) in [5, 5.41) is 0. The van der Waals surface area contributed by atoms with Crippen molar-refractivity contribution in [1.29, 1.82) is 0 Å². The minimum atomic E-state index is 0.118. The molecule has 0 aromatic heterocycles. The summed E-state index contributed by atoms with van der Waals surface area (Å²) in [6.45, 7) is 6.78. The topological polar surface area (TPSA) is 29.3 Å². The highest BCUT2D eigenvalue weighted by molar-refractivity contribution is 4.91. The molecule has 2 heteroatoms. The van der Waals surface area contributed by atoms with Gasteiger partial charge in [0.15, 0.2) is 0 Å². The summed E-state index contributed by atoms with van der Waals surface area (Å²) < 4.78 is 0. The summed E-state index contributed by atoms with van der Waals surface area (Å²) in [6, 6.07) is 0. The fourth-order valence-corrected chi connectivity index (χ4v) is 1.61. The normalized spacial score (nSPS) is 25.9. The molecular weight excluding hydrogens is 136 g/mol. The van der Waals surface area contributed by atoms with Gasteiger partial charge in [-0.1, -0.05) is 13.8 Å². The average molecular weight is 156 g/mol. The molecule has 0 amide bonds. The van der Waals surface area contributed by atoms with Crippen LogP contribution in [0, 0.1) is 5.92 Å². The molecule has 0 saturated carbocycles. The molecule has 0 atom stereocenters. The first-order valence-corrected chi connectivity index (χ1v) is 4.52. The first-order chi connectivity index (χ1) is 5.04. The molecule has 66 valence electrons. The van der Waals surface area contributed by atoms with Crippen LogP contribution in [0.15, 0.2) is 0 Å². The van der Waals surface area contributed by atoms with Gasteiger partial charge in [-0.05, 0) is 38.9 Å². The van der Waals surface area contributed by atoms with Crippen LogP contribution in [-0.4, -0.2) is 30.6 Å². The van der Waals surface area contributed by atoms with E-state index in [-0.39, 0.29) is 5.54 Å². The van der Waals surface area contributed by atoms with E-state index in [0.29, 0.717) is 5.92 Å². The summed E-state index contributed by atoms with van der Waals surface area (Å²) in [5.41, 5.74) is 6.35. The van der Waals surface area contributed by atoms with Crippen LogP contribution >= 0.6 is 0 Å². The quantitative estimate of drug-likeness (QED) is 0.615. The van der Waals surface area contributed by atoms with E-state index >= 15 is 0 Å². The smallest absolute Gasteiger partial charge is 0.0202 e. The van der Waals surface area contributed by atoms with E-state index in [2.05, 4.69) is 25.8 Å². The predicted octanol–water partition coefficient (Wildman–Crippen LogP) is 1.07. The molecule has 1 fully saturated rings. The standard InChI is InChI=1S/C9H20N2/c1-8(2)9(10)4-6-11(3)7-5-9/h8H,4-7,10H2,1-3H3. The Labute approximate surface area is 69.8 Å². The first-order valence-electron chi connectivity index (χ1n) is 4.52. The van der Waals surface area contributed by atoms with Crippen molar-refractivity contribution in [3.8, 4) is 0 Å². The van der Waals surface area contributed by atoms with E-state index in [0.717, 1.165) is 25.9 Å². The fraction of sp³-hybridized carbons (Fsp3) is 1.00. The number of likely N-dealkylation sites (tertiary alicyclic amines) is 1. The number of nitrogens with zero attached hydrogens (tertiary/aromatic N) is 1.